The molecule has 1 fully saturated rings. The minimum atomic E-state index is -1.14. The summed E-state index contributed by atoms with van der Waals surface area (Å²) in [5.41, 5.74) is 6.63. The zero-order valence-electron chi connectivity index (χ0n) is 23.6. The molecule has 5 N–H and O–H groups in total. The van der Waals surface area contributed by atoms with Crippen LogP contribution in [-0.4, -0.2) is 92.7 Å². The molecule has 1 saturated heterocycles. The number of hydrogen-bond donors (Lipinski definition) is 4. The lowest BCUT2D eigenvalue weighted by atomic mass is 9.82. The van der Waals surface area contributed by atoms with E-state index in [0.717, 1.165) is 0 Å². The van der Waals surface area contributed by atoms with Gasteiger partial charge in [-0.15, -0.1) is 0 Å². The standard InChI is InChI=1S/C28H41N5O8/c1-20(34)30-12-14-40-16-18-41-17-15-39-13-8-24(35)31-11-3-2-9-28(10-7-25(36)32-27(28)38)33-19-22-21(26(33)37)5-4-6-23(22)29/h4-6H,2-3,7-19,29H2,1H3,(H,30,34)(H,31,35)(H,32,36,38). The molecule has 226 valence electrons. The van der Waals surface area contributed by atoms with Crippen LogP contribution < -0.4 is 21.7 Å². The van der Waals surface area contributed by atoms with Gasteiger partial charge in [0.25, 0.3) is 11.8 Å². The van der Waals surface area contributed by atoms with Crippen LogP contribution in [0.1, 0.15) is 61.4 Å². The summed E-state index contributed by atoms with van der Waals surface area (Å²) in [7, 11) is 0. The van der Waals surface area contributed by atoms with E-state index in [9.17, 15) is 24.0 Å². The molecule has 2 heterocycles. The van der Waals surface area contributed by atoms with Crippen LogP contribution in [0.25, 0.3) is 0 Å². The number of nitrogens with zero attached hydrogens (tertiary/aromatic N) is 1. The molecule has 0 saturated carbocycles. The molecule has 2 aliphatic heterocycles. The third-order valence-electron chi connectivity index (χ3n) is 7.14. The highest BCUT2D eigenvalue weighted by atomic mass is 16.5. The predicted octanol–water partition coefficient (Wildman–Crippen LogP) is 0.263. The zero-order valence-corrected chi connectivity index (χ0v) is 23.6. The van der Waals surface area contributed by atoms with Gasteiger partial charge >= 0.3 is 0 Å². The summed E-state index contributed by atoms with van der Waals surface area (Å²) in [5.74, 6) is -1.31. The SMILES string of the molecule is CC(=O)NCCOCCOCCOCCC(=O)NCCCCC1(N2Cc3c(N)cccc3C2=O)CCC(=O)NC1=O. The monoisotopic (exact) mass is 575 g/mol. The van der Waals surface area contributed by atoms with Crippen LogP contribution in [-0.2, 0) is 39.9 Å². The van der Waals surface area contributed by atoms with Gasteiger partial charge in [-0.25, -0.2) is 0 Å². The average Bonchev–Trinajstić information content (AvgIpc) is 3.28. The number of ether oxygens (including phenoxy) is 3. The molecule has 0 aromatic heterocycles. The van der Waals surface area contributed by atoms with Crippen molar-refractivity contribution < 1.29 is 38.2 Å². The number of carbonyl (C=O) groups is 5. The lowest BCUT2D eigenvalue weighted by Crippen LogP contribution is -2.63. The topological polar surface area (TPSA) is 178 Å². The molecular formula is C28H41N5O8. The first-order valence-corrected chi connectivity index (χ1v) is 14.0. The Hall–Kier alpha value is -3.55. The molecule has 0 spiro atoms. The first-order chi connectivity index (χ1) is 19.7. The maximum atomic E-state index is 13.2. The third kappa shape index (κ3) is 9.23. The van der Waals surface area contributed by atoms with Gasteiger partial charge in [0.15, 0.2) is 0 Å². The van der Waals surface area contributed by atoms with E-state index in [-0.39, 0.29) is 56.0 Å². The van der Waals surface area contributed by atoms with Crippen molar-refractivity contribution in [1.29, 1.82) is 0 Å². The second kappa shape index (κ2) is 16.0. The Bertz CT molecular complexity index is 1100. The van der Waals surface area contributed by atoms with Crippen LogP contribution >= 0.6 is 0 Å². The van der Waals surface area contributed by atoms with Crippen molar-refractivity contribution in [3.05, 3.63) is 29.3 Å². The van der Waals surface area contributed by atoms with E-state index in [2.05, 4.69) is 16.0 Å². The molecular weight excluding hydrogens is 534 g/mol. The highest BCUT2D eigenvalue weighted by Crippen LogP contribution is 2.39. The van der Waals surface area contributed by atoms with Crippen molar-refractivity contribution in [3.8, 4) is 0 Å². The van der Waals surface area contributed by atoms with Gasteiger partial charge in [-0.2, -0.15) is 0 Å². The number of nitrogens with two attached hydrogens (primary N) is 1. The number of anilines is 1. The Balaban J connectivity index is 1.30. The van der Waals surface area contributed by atoms with Gasteiger partial charge in [0.1, 0.15) is 5.54 Å². The number of nitrogens with one attached hydrogen (secondary N) is 3. The van der Waals surface area contributed by atoms with Crippen molar-refractivity contribution in [2.24, 2.45) is 0 Å². The summed E-state index contributed by atoms with van der Waals surface area (Å²) in [6, 6.07) is 5.14. The van der Waals surface area contributed by atoms with Crippen LogP contribution in [0, 0.1) is 0 Å². The van der Waals surface area contributed by atoms with E-state index in [1.54, 1.807) is 23.1 Å². The van der Waals surface area contributed by atoms with Gasteiger partial charge in [-0.3, -0.25) is 29.3 Å². The Morgan fingerprint density at radius 2 is 1.68 bits per heavy atom. The normalized spacial score (nSPS) is 18.3. The lowest BCUT2D eigenvalue weighted by molar-refractivity contribution is -0.143. The fraction of sp³-hybridized carbons (Fsp3) is 0.607. The predicted molar refractivity (Wildman–Crippen MR) is 148 cm³/mol. The van der Waals surface area contributed by atoms with E-state index in [4.69, 9.17) is 19.9 Å². The third-order valence-corrected chi connectivity index (χ3v) is 7.14. The summed E-state index contributed by atoms with van der Waals surface area (Å²) < 4.78 is 16.1. The first-order valence-electron chi connectivity index (χ1n) is 14.0. The largest absolute Gasteiger partial charge is 0.398 e. The summed E-state index contributed by atoms with van der Waals surface area (Å²) in [5, 5.41) is 7.90. The quantitative estimate of drug-likeness (QED) is 0.109. The summed E-state index contributed by atoms with van der Waals surface area (Å²) in [4.78, 5) is 62.6. The van der Waals surface area contributed by atoms with E-state index < -0.39 is 11.4 Å². The van der Waals surface area contributed by atoms with Gasteiger partial charge in [-0.05, 0) is 37.8 Å². The Morgan fingerprint density at radius 1 is 0.976 bits per heavy atom. The molecule has 1 unspecified atom stereocenters. The number of carbonyl (C=O) groups excluding carboxylic acids is 5. The molecule has 41 heavy (non-hydrogen) atoms. The fourth-order valence-corrected chi connectivity index (χ4v) is 4.94. The van der Waals surface area contributed by atoms with E-state index >= 15 is 0 Å². The number of imide groups is 1. The second-order valence-corrected chi connectivity index (χ2v) is 10.1. The Morgan fingerprint density at radius 3 is 2.37 bits per heavy atom. The molecule has 0 aliphatic carbocycles. The van der Waals surface area contributed by atoms with Crippen LogP contribution in [0.15, 0.2) is 18.2 Å². The number of piperidine rings is 1. The number of unbranched alkanes of at least 4 members (excludes halogenated alkanes) is 1. The molecule has 13 heteroatoms. The number of rotatable bonds is 18. The smallest absolute Gasteiger partial charge is 0.255 e. The van der Waals surface area contributed by atoms with Crippen LogP contribution in [0.4, 0.5) is 5.69 Å². The molecule has 1 atom stereocenters. The summed E-state index contributed by atoms with van der Waals surface area (Å²) >= 11 is 0. The molecule has 0 bridgehead atoms. The average molecular weight is 576 g/mol. The second-order valence-electron chi connectivity index (χ2n) is 10.1. The molecule has 5 amide bonds. The lowest BCUT2D eigenvalue weighted by Gasteiger charge is -2.42. The summed E-state index contributed by atoms with van der Waals surface area (Å²) in [6.07, 6.45) is 2.15. The van der Waals surface area contributed by atoms with E-state index in [1.165, 1.54) is 6.92 Å². The van der Waals surface area contributed by atoms with Crippen molar-refractivity contribution in [2.75, 3.05) is 58.5 Å². The number of benzene rings is 1. The minimum absolute atomic E-state index is 0.0939. The van der Waals surface area contributed by atoms with Gasteiger partial charge in [0, 0.05) is 56.2 Å². The molecule has 2 aliphatic rings. The molecule has 1 aromatic rings. The van der Waals surface area contributed by atoms with Crippen molar-refractivity contribution in [1.82, 2.24) is 20.9 Å². The van der Waals surface area contributed by atoms with Gasteiger partial charge in [0.05, 0.1) is 39.6 Å². The summed E-state index contributed by atoms with van der Waals surface area (Å²) in [6.45, 7) is 4.81. The number of amides is 5. The Labute approximate surface area is 239 Å². The Kier molecular flexibility index (Phi) is 12.5. The molecule has 3 rings (SSSR count). The first kappa shape index (κ1) is 32.0. The maximum absolute atomic E-state index is 13.2. The van der Waals surface area contributed by atoms with E-state index in [1.807, 2.05) is 0 Å². The van der Waals surface area contributed by atoms with Gasteiger partial charge in [-0.1, -0.05) is 6.07 Å². The van der Waals surface area contributed by atoms with Gasteiger partial charge in [0.2, 0.25) is 17.7 Å². The van der Waals surface area contributed by atoms with Crippen LogP contribution in [0.3, 0.4) is 0 Å². The van der Waals surface area contributed by atoms with Crippen LogP contribution in [0.2, 0.25) is 0 Å². The van der Waals surface area contributed by atoms with Crippen molar-refractivity contribution >= 4 is 35.2 Å². The number of hydrogen-bond acceptors (Lipinski definition) is 9. The van der Waals surface area contributed by atoms with Crippen LogP contribution in [0.5, 0.6) is 0 Å². The zero-order chi connectivity index (χ0) is 29.7. The van der Waals surface area contributed by atoms with Crippen molar-refractivity contribution in [2.45, 2.75) is 57.5 Å². The number of fused-ring (bicyclic) bond motifs is 1. The highest BCUT2D eigenvalue weighted by molar-refractivity contribution is 6.08. The number of nitrogen functional groups attached to an aromatic ring is 1. The van der Waals surface area contributed by atoms with Gasteiger partial charge < -0.3 is 35.5 Å². The molecule has 0 radical (unpaired) electrons. The van der Waals surface area contributed by atoms with Crippen molar-refractivity contribution in [3.63, 3.8) is 0 Å². The maximum Gasteiger partial charge on any atom is 0.255 e. The molecule has 13 nitrogen and oxygen atoms in total. The minimum Gasteiger partial charge on any atom is -0.398 e. The fourth-order valence-electron chi connectivity index (χ4n) is 4.94. The molecule has 1 aromatic carbocycles. The van der Waals surface area contributed by atoms with E-state index in [0.29, 0.717) is 82.2 Å². The highest BCUT2D eigenvalue weighted by Gasteiger charge is 2.51.